The van der Waals surface area contributed by atoms with Crippen molar-refractivity contribution in [3.05, 3.63) is 113 Å². The summed E-state index contributed by atoms with van der Waals surface area (Å²) < 4.78 is 5.16. The van der Waals surface area contributed by atoms with Gasteiger partial charge in [0.05, 0.1) is 18.5 Å². The molecule has 0 atom stereocenters. The average molecular weight is 438 g/mol. The summed E-state index contributed by atoms with van der Waals surface area (Å²) in [5, 5.41) is 6.72. The molecule has 0 spiro atoms. The molecule has 164 valence electrons. The summed E-state index contributed by atoms with van der Waals surface area (Å²) in [6, 6.07) is 25.8. The second-order valence-electron chi connectivity index (χ2n) is 7.17. The summed E-state index contributed by atoms with van der Waals surface area (Å²) in [5.41, 5.74) is 8.37. The number of carbonyl (C=O) groups excluding carboxylic acids is 1. The number of hydrogen-bond acceptors (Lipinski definition) is 5. The van der Waals surface area contributed by atoms with Crippen molar-refractivity contribution >= 4 is 11.6 Å². The molecule has 4 rings (SSSR count). The van der Waals surface area contributed by atoms with E-state index in [4.69, 9.17) is 4.74 Å². The summed E-state index contributed by atoms with van der Waals surface area (Å²) >= 11 is 0. The highest BCUT2D eigenvalue weighted by atomic mass is 16.5. The predicted molar refractivity (Wildman–Crippen MR) is 128 cm³/mol. The number of hydrogen-bond donors (Lipinski definition) is 3. The van der Waals surface area contributed by atoms with Crippen molar-refractivity contribution in [2.24, 2.45) is 0 Å². The molecule has 0 saturated heterocycles. The highest BCUT2D eigenvalue weighted by Crippen LogP contribution is 2.31. The number of nitrogens with zero attached hydrogens (tertiary/aromatic N) is 1. The van der Waals surface area contributed by atoms with Crippen LogP contribution in [0.2, 0.25) is 0 Å². The highest BCUT2D eigenvalue weighted by Gasteiger charge is 2.23. The van der Waals surface area contributed by atoms with Gasteiger partial charge in [-0.15, -0.1) is 0 Å². The fourth-order valence-corrected chi connectivity index (χ4v) is 3.42. The van der Waals surface area contributed by atoms with E-state index in [1.807, 2.05) is 72.8 Å². The van der Waals surface area contributed by atoms with Gasteiger partial charge in [-0.3, -0.25) is 20.4 Å². The van der Waals surface area contributed by atoms with Gasteiger partial charge in [0.2, 0.25) is 0 Å². The van der Waals surface area contributed by atoms with Crippen LogP contribution in [0.5, 0.6) is 5.75 Å². The Hall–Kier alpha value is -4.65. The summed E-state index contributed by atoms with van der Waals surface area (Å²) in [5.74, 6) is 0.101. The van der Waals surface area contributed by atoms with Crippen LogP contribution in [0.15, 0.2) is 96.3 Å². The second kappa shape index (κ2) is 9.65. The van der Waals surface area contributed by atoms with E-state index in [1.54, 1.807) is 19.2 Å². The Kier molecular flexibility index (Phi) is 6.31. The lowest BCUT2D eigenvalue weighted by Crippen LogP contribution is -2.39. The Morgan fingerprint density at radius 3 is 2.09 bits per heavy atom. The van der Waals surface area contributed by atoms with Crippen LogP contribution in [-0.2, 0) is 0 Å². The number of H-pyrrole nitrogens is 1. The minimum absolute atomic E-state index is 0.0508. The van der Waals surface area contributed by atoms with Crippen molar-refractivity contribution in [2.75, 3.05) is 7.11 Å². The molecule has 0 fully saturated rings. The fraction of sp³-hybridized carbons (Fsp3) is 0.0385. The first-order valence-corrected chi connectivity index (χ1v) is 10.2. The zero-order chi connectivity index (χ0) is 23.2. The van der Waals surface area contributed by atoms with Gasteiger partial charge in [-0.05, 0) is 35.4 Å². The SMILES string of the molecule is C=C(NNC(=O)c1c(-c2ccccc2)c(-c2ccccc2)n[nH]c1=O)c1ccc(OC)cc1. The monoisotopic (exact) mass is 438 g/mol. The number of rotatable bonds is 7. The topological polar surface area (TPSA) is 96.1 Å². The minimum atomic E-state index is -0.607. The van der Waals surface area contributed by atoms with Crippen molar-refractivity contribution in [3.63, 3.8) is 0 Å². The number of methoxy groups -OCH3 is 1. The van der Waals surface area contributed by atoms with Crippen molar-refractivity contribution in [1.82, 2.24) is 21.0 Å². The van der Waals surface area contributed by atoms with Crippen LogP contribution in [0.25, 0.3) is 28.1 Å². The highest BCUT2D eigenvalue weighted by molar-refractivity contribution is 6.03. The molecule has 0 aliphatic carbocycles. The molecule has 7 nitrogen and oxygen atoms in total. The van der Waals surface area contributed by atoms with Gasteiger partial charge in [0.25, 0.3) is 11.5 Å². The van der Waals surface area contributed by atoms with Gasteiger partial charge >= 0.3 is 0 Å². The summed E-state index contributed by atoms with van der Waals surface area (Å²) in [4.78, 5) is 26.0. The number of aromatic nitrogens is 2. The first kappa shape index (κ1) is 21.6. The number of carbonyl (C=O) groups is 1. The number of hydrazine groups is 1. The van der Waals surface area contributed by atoms with E-state index < -0.39 is 11.5 Å². The van der Waals surface area contributed by atoms with Crippen LogP contribution in [0.3, 0.4) is 0 Å². The van der Waals surface area contributed by atoms with E-state index in [2.05, 4.69) is 27.6 Å². The van der Waals surface area contributed by atoms with E-state index in [1.165, 1.54) is 0 Å². The van der Waals surface area contributed by atoms with Crippen molar-refractivity contribution in [1.29, 1.82) is 0 Å². The molecule has 0 bridgehead atoms. The van der Waals surface area contributed by atoms with Crippen LogP contribution < -0.4 is 21.1 Å². The van der Waals surface area contributed by atoms with E-state index in [-0.39, 0.29) is 5.56 Å². The van der Waals surface area contributed by atoms with Gasteiger partial charge in [0, 0.05) is 11.1 Å². The van der Waals surface area contributed by atoms with Gasteiger partial charge in [-0.2, -0.15) is 5.10 Å². The molecule has 0 unspecified atom stereocenters. The van der Waals surface area contributed by atoms with E-state index >= 15 is 0 Å². The lowest BCUT2D eigenvalue weighted by molar-refractivity contribution is 0.0941. The largest absolute Gasteiger partial charge is 0.497 e. The molecule has 1 amide bonds. The number of benzene rings is 3. The molecule has 7 heteroatoms. The first-order chi connectivity index (χ1) is 16.1. The molecule has 0 radical (unpaired) electrons. The second-order valence-corrected chi connectivity index (χ2v) is 7.17. The molecule has 3 aromatic carbocycles. The van der Waals surface area contributed by atoms with Gasteiger partial charge < -0.3 is 4.74 Å². The third-order valence-corrected chi connectivity index (χ3v) is 5.09. The third kappa shape index (κ3) is 4.67. The standard InChI is InChI=1S/C26H22N4O3/c1-17(18-13-15-21(33-2)16-14-18)27-29-25(31)23-22(19-9-5-3-6-10-19)24(28-30-26(23)32)20-11-7-4-8-12-20/h3-16,27H,1H2,2H3,(H,29,31)(H,30,32). The molecule has 0 saturated carbocycles. The lowest BCUT2D eigenvalue weighted by atomic mass is 9.95. The minimum Gasteiger partial charge on any atom is -0.497 e. The Balaban J connectivity index is 1.69. The molecule has 4 aromatic rings. The molecule has 1 heterocycles. The molecule has 0 aliphatic heterocycles. The summed E-state index contributed by atoms with van der Waals surface area (Å²) in [6.45, 7) is 3.95. The van der Waals surface area contributed by atoms with Crippen molar-refractivity contribution in [3.8, 4) is 28.1 Å². The maximum absolute atomic E-state index is 13.2. The van der Waals surface area contributed by atoms with Crippen LogP contribution in [-0.4, -0.2) is 23.2 Å². The van der Waals surface area contributed by atoms with Crippen LogP contribution in [0, 0.1) is 0 Å². The van der Waals surface area contributed by atoms with E-state index in [0.717, 1.165) is 11.1 Å². The molecular formula is C26H22N4O3. The molecule has 0 aliphatic rings. The summed E-state index contributed by atoms with van der Waals surface area (Å²) in [7, 11) is 1.59. The zero-order valence-electron chi connectivity index (χ0n) is 18.0. The van der Waals surface area contributed by atoms with Gasteiger partial charge in [-0.1, -0.05) is 67.2 Å². The quantitative estimate of drug-likeness (QED) is 0.379. The van der Waals surface area contributed by atoms with Gasteiger partial charge in [0.15, 0.2) is 0 Å². The smallest absolute Gasteiger partial charge is 0.277 e. The fourth-order valence-electron chi connectivity index (χ4n) is 3.42. The molecule has 3 N–H and O–H groups in total. The first-order valence-electron chi connectivity index (χ1n) is 10.2. The third-order valence-electron chi connectivity index (χ3n) is 5.09. The Bertz CT molecular complexity index is 1330. The lowest BCUT2D eigenvalue weighted by Gasteiger charge is -2.15. The summed E-state index contributed by atoms with van der Waals surface area (Å²) in [6.07, 6.45) is 0. The normalized spacial score (nSPS) is 10.3. The maximum atomic E-state index is 13.2. The predicted octanol–water partition coefficient (Wildman–Crippen LogP) is 4.02. The van der Waals surface area contributed by atoms with Crippen LogP contribution in [0.1, 0.15) is 15.9 Å². The molecular weight excluding hydrogens is 416 g/mol. The Labute approximate surface area is 190 Å². The van der Waals surface area contributed by atoms with Crippen LogP contribution in [0.4, 0.5) is 0 Å². The van der Waals surface area contributed by atoms with Gasteiger partial charge in [0.1, 0.15) is 11.3 Å². The number of aromatic amines is 1. The maximum Gasteiger partial charge on any atom is 0.277 e. The number of ether oxygens (including phenoxy) is 1. The average Bonchev–Trinajstić information content (AvgIpc) is 2.88. The Morgan fingerprint density at radius 2 is 1.48 bits per heavy atom. The number of amides is 1. The Morgan fingerprint density at radius 1 is 0.879 bits per heavy atom. The zero-order valence-corrected chi connectivity index (χ0v) is 18.0. The van der Waals surface area contributed by atoms with E-state index in [9.17, 15) is 9.59 Å². The van der Waals surface area contributed by atoms with Crippen molar-refractivity contribution < 1.29 is 9.53 Å². The molecule has 33 heavy (non-hydrogen) atoms. The van der Waals surface area contributed by atoms with E-state index in [0.29, 0.717) is 28.3 Å². The van der Waals surface area contributed by atoms with Crippen molar-refractivity contribution in [2.45, 2.75) is 0 Å². The van der Waals surface area contributed by atoms with Crippen LogP contribution >= 0.6 is 0 Å². The van der Waals surface area contributed by atoms with Gasteiger partial charge in [-0.25, -0.2) is 5.10 Å². The number of nitrogens with one attached hydrogen (secondary N) is 3. The molecule has 1 aromatic heterocycles.